The van der Waals surface area contributed by atoms with Gasteiger partial charge in [0.2, 0.25) is 0 Å². The average molecular weight is 251 g/mol. The van der Waals surface area contributed by atoms with Crippen LogP contribution in [0.15, 0.2) is 24.3 Å². The minimum atomic E-state index is -0.316. The number of carbonyl (C=O) groups is 1. The zero-order valence-electron chi connectivity index (χ0n) is 11.5. The van der Waals surface area contributed by atoms with Crippen LogP contribution >= 0.6 is 0 Å². The van der Waals surface area contributed by atoms with E-state index in [1.165, 1.54) is 0 Å². The molecule has 0 spiro atoms. The quantitative estimate of drug-likeness (QED) is 0.726. The second-order valence-electron chi connectivity index (χ2n) is 4.37. The van der Waals surface area contributed by atoms with Crippen molar-refractivity contribution in [3.8, 4) is 5.75 Å². The van der Waals surface area contributed by atoms with Gasteiger partial charge >= 0.3 is 5.97 Å². The summed E-state index contributed by atoms with van der Waals surface area (Å²) in [4.78, 5) is 13.6. The van der Waals surface area contributed by atoms with Crippen LogP contribution in [0.1, 0.15) is 24.2 Å². The van der Waals surface area contributed by atoms with Gasteiger partial charge in [-0.1, -0.05) is 6.07 Å². The van der Waals surface area contributed by atoms with Crippen molar-refractivity contribution in [1.82, 2.24) is 4.90 Å². The summed E-state index contributed by atoms with van der Waals surface area (Å²) >= 11 is 0. The van der Waals surface area contributed by atoms with Crippen LogP contribution in [0.4, 0.5) is 0 Å². The van der Waals surface area contributed by atoms with Crippen LogP contribution < -0.4 is 4.74 Å². The smallest absolute Gasteiger partial charge is 0.338 e. The number of esters is 1. The van der Waals surface area contributed by atoms with E-state index in [-0.39, 0.29) is 5.97 Å². The highest BCUT2D eigenvalue weighted by Crippen LogP contribution is 2.14. The molecule has 4 heteroatoms. The van der Waals surface area contributed by atoms with Crippen LogP contribution in [0.2, 0.25) is 0 Å². The van der Waals surface area contributed by atoms with Crippen LogP contribution in [-0.2, 0) is 4.74 Å². The number of benzene rings is 1. The number of nitrogens with zero attached hydrogens (tertiary/aromatic N) is 1. The highest BCUT2D eigenvalue weighted by molar-refractivity contribution is 5.89. The van der Waals surface area contributed by atoms with Crippen molar-refractivity contribution in [2.75, 3.05) is 27.3 Å². The molecule has 4 nitrogen and oxygen atoms in total. The SMILES string of the molecule is CCOC(=O)c1cccc(OCC(C)N(C)C)c1. The molecule has 0 heterocycles. The summed E-state index contributed by atoms with van der Waals surface area (Å²) in [6.07, 6.45) is 0. The Hall–Kier alpha value is -1.55. The summed E-state index contributed by atoms with van der Waals surface area (Å²) in [6, 6.07) is 7.38. The van der Waals surface area contributed by atoms with Crippen LogP contribution in [0, 0.1) is 0 Å². The van der Waals surface area contributed by atoms with Crippen molar-refractivity contribution in [2.24, 2.45) is 0 Å². The molecule has 0 N–H and O–H groups in total. The summed E-state index contributed by atoms with van der Waals surface area (Å²) in [5.74, 6) is 0.373. The molecule has 1 atom stereocenters. The molecule has 0 saturated carbocycles. The Morgan fingerprint density at radius 1 is 1.39 bits per heavy atom. The monoisotopic (exact) mass is 251 g/mol. The molecule has 0 aliphatic carbocycles. The van der Waals surface area contributed by atoms with Gasteiger partial charge in [0.25, 0.3) is 0 Å². The van der Waals surface area contributed by atoms with Crippen molar-refractivity contribution < 1.29 is 14.3 Å². The predicted molar refractivity (Wildman–Crippen MR) is 71.0 cm³/mol. The molecule has 0 aromatic heterocycles. The van der Waals surface area contributed by atoms with Crippen molar-refractivity contribution in [2.45, 2.75) is 19.9 Å². The van der Waals surface area contributed by atoms with Gasteiger partial charge in [0, 0.05) is 6.04 Å². The first-order chi connectivity index (χ1) is 8.54. The first kappa shape index (κ1) is 14.5. The Labute approximate surface area is 108 Å². The minimum absolute atomic E-state index is 0.316. The maximum Gasteiger partial charge on any atom is 0.338 e. The molecule has 1 unspecified atom stereocenters. The van der Waals surface area contributed by atoms with Gasteiger partial charge in [-0.05, 0) is 46.1 Å². The Balaban J connectivity index is 2.62. The topological polar surface area (TPSA) is 38.8 Å². The summed E-state index contributed by atoms with van der Waals surface area (Å²) < 4.78 is 10.6. The van der Waals surface area contributed by atoms with E-state index in [9.17, 15) is 4.79 Å². The van der Waals surface area contributed by atoms with E-state index in [0.717, 1.165) is 0 Å². The van der Waals surface area contributed by atoms with Crippen molar-refractivity contribution in [1.29, 1.82) is 0 Å². The minimum Gasteiger partial charge on any atom is -0.492 e. The first-order valence-electron chi connectivity index (χ1n) is 6.11. The molecule has 0 saturated heterocycles. The molecular weight excluding hydrogens is 230 g/mol. The molecule has 0 fully saturated rings. The van der Waals surface area contributed by atoms with Gasteiger partial charge in [-0.3, -0.25) is 0 Å². The molecule has 100 valence electrons. The molecule has 0 radical (unpaired) electrons. The van der Waals surface area contributed by atoms with Crippen molar-refractivity contribution in [3.05, 3.63) is 29.8 Å². The number of ether oxygens (including phenoxy) is 2. The van der Waals surface area contributed by atoms with Crippen LogP contribution in [0.5, 0.6) is 5.75 Å². The second-order valence-corrected chi connectivity index (χ2v) is 4.37. The molecule has 18 heavy (non-hydrogen) atoms. The largest absolute Gasteiger partial charge is 0.492 e. The van der Waals surface area contributed by atoms with Gasteiger partial charge in [-0.15, -0.1) is 0 Å². The normalized spacial score (nSPS) is 12.3. The van der Waals surface area contributed by atoms with Gasteiger partial charge in [0.1, 0.15) is 12.4 Å². The number of hydrogen-bond acceptors (Lipinski definition) is 4. The van der Waals surface area contributed by atoms with Gasteiger partial charge in [-0.2, -0.15) is 0 Å². The zero-order valence-corrected chi connectivity index (χ0v) is 11.5. The number of hydrogen-bond donors (Lipinski definition) is 0. The van der Waals surface area contributed by atoms with E-state index < -0.39 is 0 Å². The average Bonchev–Trinajstić information content (AvgIpc) is 2.36. The lowest BCUT2D eigenvalue weighted by Gasteiger charge is -2.20. The molecule has 1 rings (SSSR count). The molecular formula is C14H21NO3. The fourth-order valence-corrected chi connectivity index (χ4v) is 1.29. The third kappa shape index (κ3) is 4.37. The maximum absolute atomic E-state index is 11.6. The molecule has 1 aromatic carbocycles. The molecule has 0 aliphatic heterocycles. The lowest BCUT2D eigenvalue weighted by Crippen LogP contribution is -2.30. The molecule has 0 amide bonds. The van der Waals surface area contributed by atoms with Crippen molar-refractivity contribution in [3.63, 3.8) is 0 Å². The van der Waals surface area contributed by atoms with E-state index >= 15 is 0 Å². The standard InChI is InChI=1S/C14H21NO3/c1-5-17-14(16)12-7-6-8-13(9-12)18-10-11(2)15(3)4/h6-9,11H,5,10H2,1-4H3. The van der Waals surface area contributed by atoms with Gasteiger partial charge in [0.15, 0.2) is 0 Å². The zero-order chi connectivity index (χ0) is 13.5. The first-order valence-corrected chi connectivity index (χ1v) is 6.11. The van der Waals surface area contributed by atoms with Crippen molar-refractivity contribution >= 4 is 5.97 Å². The fourth-order valence-electron chi connectivity index (χ4n) is 1.29. The fraction of sp³-hybridized carbons (Fsp3) is 0.500. The van der Waals surface area contributed by atoms with E-state index in [4.69, 9.17) is 9.47 Å². The highest BCUT2D eigenvalue weighted by atomic mass is 16.5. The van der Waals surface area contributed by atoms with Gasteiger partial charge < -0.3 is 14.4 Å². The van der Waals surface area contributed by atoms with Gasteiger partial charge in [-0.25, -0.2) is 4.79 Å². The summed E-state index contributed by atoms with van der Waals surface area (Å²) in [7, 11) is 4.01. The third-order valence-corrected chi connectivity index (χ3v) is 2.72. The number of likely N-dealkylation sites (N-methyl/N-ethyl adjacent to an activating group) is 1. The summed E-state index contributed by atoms with van der Waals surface area (Å²) in [5.41, 5.74) is 0.520. The Kier molecular flexibility index (Phi) is 5.65. The summed E-state index contributed by atoms with van der Waals surface area (Å²) in [6.45, 7) is 4.83. The van der Waals surface area contributed by atoms with Crippen LogP contribution in [-0.4, -0.2) is 44.2 Å². The maximum atomic E-state index is 11.6. The van der Waals surface area contributed by atoms with Crippen LogP contribution in [0.25, 0.3) is 0 Å². The molecule has 0 aliphatic rings. The second kappa shape index (κ2) is 7.01. The Morgan fingerprint density at radius 2 is 2.11 bits per heavy atom. The van der Waals surface area contributed by atoms with E-state index in [1.54, 1.807) is 25.1 Å². The predicted octanol–water partition coefficient (Wildman–Crippen LogP) is 2.19. The van der Waals surface area contributed by atoms with E-state index in [2.05, 4.69) is 11.8 Å². The molecule has 0 bridgehead atoms. The lowest BCUT2D eigenvalue weighted by molar-refractivity contribution is 0.0525. The van der Waals surface area contributed by atoms with E-state index in [1.807, 2.05) is 20.2 Å². The summed E-state index contributed by atoms with van der Waals surface area (Å²) in [5, 5.41) is 0. The van der Waals surface area contributed by atoms with Gasteiger partial charge in [0.05, 0.1) is 12.2 Å². The lowest BCUT2D eigenvalue weighted by atomic mass is 10.2. The Bertz CT molecular complexity index is 390. The molecule has 1 aromatic rings. The number of rotatable bonds is 6. The Morgan fingerprint density at radius 3 is 2.72 bits per heavy atom. The number of carbonyl (C=O) groups excluding carboxylic acids is 1. The highest BCUT2D eigenvalue weighted by Gasteiger charge is 2.09. The third-order valence-electron chi connectivity index (χ3n) is 2.72. The van der Waals surface area contributed by atoms with E-state index in [0.29, 0.717) is 30.6 Å². The van der Waals surface area contributed by atoms with Crippen LogP contribution in [0.3, 0.4) is 0 Å².